The van der Waals surface area contributed by atoms with Gasteiger partial charge in [-0.1, -0.05) is 15.9 Å². The summed E-state index contributed by atoms with van der Waals surface area (Å²) >= 11 is 3.45. The lowest BCUT2D eigenvalue weighted by Crippen LogP contribution is -2.47. The molecule has 0 bridgehead atoms. The predicted octanol–water partition coefficient (Wildman–Crippen LogP) is 3.47. The fourth-order valence-electron chi connectivity index (χ4n) is 1.61. The molecule has 0 heterocycles. The molecule has 0 aliphatic heterocycles. The summed E-state index contributed by atoms with van der Waals surface area (Å²) in [6.45, 7) is 9.80. The molecule has 1 atom stereocenters. The third kappa shape index (κ3) is 5.08. The van der Waals surface area contributed by atoms with Crippen LogP contribution >= 0.6 is 15.9 Å². The monoisotopic (exact) mass is 312 g/mol. The highest BCUT2D eigenvalue weighted by Crippen LogP contribution is 2.19. The normalized spacial score (nSPS) is 13.0. The van der Waals surface area contributed by atoms with Crippen LogP contribution in [0.4, 0.5) is 5.69 Å². The Morgan fingerprint density at radius 1 is 1.28 bits per heavy atom. The Hall–Kier alpha value is -1.03. The number of nitrogens with one attached hydrogen (secondary N) is 2. The summed E-state index contributed by atoms with van der Waals surface area (Å²) in [7, 11) is 0. The van der Waals surface area contributed by atoms with E-state index in [4.69, 9.17) is 0 Å². The van der Waals surface area contributed by atoms with Crippen LogP contribution in [-0.2, 0) is 4.79 Å². The van der Waals surface area contributed by atoms with Gasteiger partial charge in [-0.2, -0.15) is 0 Å². The number of anilines is 1. The summed E-state index contributed by atoms with van der Waals surface area (Å²) in [5.41, 5.74) is 1.88. The molecular formula is C14H21BrN2O. The van der Waals surface area contributed by atoms with Gasteiger partial charge >= 0.3 is 0 Å². The molecule has 0 aromatic heterocycles. The van der Waals surface area contributed by atoms with E-state index in [1.54, 1.807) is 0 Å². The van der Waals surface area contributed by atoms with Crippen LogP contribution in [0.25, 0.3) is 0 Å². The number of benzene rings is 1. The predicted molar refractivity (Wildman–Crippen MR) is 79.9 cm³/mol. The molecule has 100 valence electrons. The van der Waals surface area contributed by atoms with Crippen molar-refractivity contribution in [2.75, 3.05) is 5.32 Å². The molecule has 0 saturated heterocycles. The lowest BCUT2D eigenvalue weighted by molar-refractivity contribution is -0.122. The SMILES string of the molecule is Cc1cc(Br)cc(NC(C)C(=O)NC(C)(C)C)c1. The molecule has 4 heteroatoms. The number of carbonyl (C=O) groups excluding carboxylic acids is 1. The molecule has 0 spiro atoms. The minimum atomic E-state index is -0.266. The summed E-state index contributed by atoms with van der Waals surface area (Å²) in [4.78, 5) is 11.9. The van der Waals surface area contributed by atoms with Gasteiger partial charge in [0.2, 0.25) is 5.91 Å². The first-order chi connectivity index (χ1) is 8.17. The summed E-state index contributed by atoms with van der Waals surface area (Å²) in [5, 5.41) is 6.16. The molecule has 0 saturated carbocycles. The Kier molecular flexibility index (Phi) is 4.79. The molecule has 1 aromatic rings. The smallest absolute Gasteiger partial charge is 0.242 e. The lowest BCUT2D eigenvalue weighted by Gasteiger charge is -2.24. The van der Waals surface area contributed by atoms with Crippen molar-refractivity contribution in [3.8, 4) is 0 Å². The molecular weight excluding hydrogens is 292 g/mol. The zero-order valence-electron chi connectivity index (χ0n) is 11.6. The molecule has 0 fully saturated rings. The van der Waals surface area contributed by atoms with Gasteiger partial charge in [0, 0.05) is 15.7 Å². The van der Waals surface area contributed by atoms with E-state index in [0.717, 1.165) is 15.7 Å². The van der Waals surface area contributed by atoms with Crippen LogP contribution in [0.15, 0.2) is 22.7 Å². The van der Waals surface area contributed by atoms with Gasteiger partial charge < -0.3 is 10.6 Å². The van der Waals surface area contributed by atoms with Crippen LogP contribution in [0.3, 0.4) is 0 Å². The first-order valence-electron chi connectivity index (χ1n) is 6.03. The highest BCUT2D eigenvalue weighted by Gasteiger charge is 2.19. The van der Waals surface area contributed by atoms with Crippen LogP contribution < -0.4 is 10.6 Å². The van der Waals surface area contributed by atoms with Gasteiger partial charge in [-0.3, -0.25) is 4.79 Å². The summed E-state index contributed by atoms with van der Waals surface area (Å²) in [6.07, 6.45) is 0. The van der Waals surface area contributed by atoms with Gasteiger partial charge in [0.15, 0.2) is 0 Å². The van der Waals surface area contributed by atoms with E-state index in [-0.39, 0.29) is 17.5 Å². The standard InChI is InChI=1S/C14H21BrN2O/c1-9-6-11(15)8-12(7-9)16-10(2)13(18)17-14(3,4)5/h6-8,10,16H,1-5H3,(H,17,18). The maximum Gasteiger partial charge on any atom is 0.242 e. The van der Waals surface area contributed by atoms with Gasteiger partial charge in [0.05, 0.1) is 0 Å². The van der Waals surface area contributed by atoms with Gasteiger partial charge in [-0.25, -0.2) is 0 Å². The second-order valence-electron chi connectivity index (χ2n) is 5.62. The maximum absolute atomic E-state index is 11.9. The van der Waals surface area contributed by atoms with Gasteiger partial charge in [0.25, 0.3) is 0 Å². The van der Waals surface area contributed by atoms with Crippen LogP contribution in [0.1, 0.15) is 33.3 Å². The summed E-state index contributed by atoms with van der Waals surface area (Å²) in [5.74, 6) is 0.000119. The average Bonchev–Trinajstić information content (AvgIpc) is 2.12. The molecule has 2 N–H and O–H groups in total. The molecule has 3 nitrogen and oxygen atoms in total. The highest BCUT2D eigenvalue weighted by atomic mass is 79.9. The van der Waals surface area contributed by atoms with Crippen molar-refractivity contribution in [3.05, 3.63) is 28.2 Å². The third-order valence-corrected chi connectivity index (χ3v) is 2.77. The van der Waals surface area contributed by atoms with Crippen molar-refractivity contribution in [1.29, 1.82) is 0 Å². The Bertz CT molecular complexity index is 418. The molecule has 1 aromatic carbocycles. The Morgan fingerprint density at radius 2 is 1.89 bits per heavy atom. The van der Waals surface area contributed by atoms with E-state index >= 15 is 0 Å². The van der Waals surface area contributed by atoms with Crippen molar-refractivity contribution in [1.82, 2.24) is 5.32 Å². The second kappa shape index (κ2) is 5.74. The maximum atomic E-state index is 11.9. The Labute approximate surface area is 117 Å². The van der Waals surface area contributed by atoms with E-state index in [1.807, 2.05) is 52.8 Å². The molecule has 0 aliphatic rings. The third-order valence-electron chi connectivity index (χ3n) is 2.32. The van der Waals surface area contributed by atoms with E-state index < -0.39 is 0 Å². The van der Waals surface area contributed by atoms with Crippen LogP contribution in [0.5, 0.6) is 0 Å². The minimum absolute atomic E-state index is 0.000119. The first-order valence-corrected chi connectivity index (χ1v) is 6.82. The molecule has 18 heavy (non-hydrogen) atoms. The van der Waals surface area contributed by atoms with Crippen molar-refractivity contribution in [3.63, 3.8) is 0 Å². The largest absolute Gasteiger partial charge is 0.374 e. The highest BCUT2D eigenvalue weighted by molar-refractivity contribution is 9.10. The van der Waals surface area contributed by atoms with E-state index in [1.165, 1.54) is 0 Å². The number of aryl methyl sites for hydroxylation is 1. The van der Waals surface area contributed by atoms with E-state index in [2.05, 4.69) is 26.6 Å². The van der Waals surface area contributed by atoms with E-state index in [0.29, 0.717) is 0 Å². The Balaban J connectivity index is 2.69. The second-order valence-corrected chi connectivity index (χ2v) is 6.54. The van der Waals surface area contributed by atoms with Gasteiger partial charge in [-0.05, 0) is 58.4 Å². The number of halogens is 1. The number of carbonyl (C=O) groups is 1. The number of rotatable bonds is 3. The number of hydrogen-bond donors (Lipinski definition) is 2. The molecule has 1 amide bonds. The Morgan fingerprint density at radius 3 is 2.39 bits per heavy atom. The van der Waals surface area contributed by atoms with Crippen molar-refractivity contribution in [2.45, 2.75) is 46.2 Å². The lowest BCUT2D eigenvalue weighted by atomic mass is 10.1. The van der Waals surface area contributed by atoms with E-state index in [9.17, 15) is 4.79 Å². The van der Waals surface area contributed by atoms with Crippen LogP contribution in [-0.4, -0.2) is 17.5 Å². The molecule has 1 unspecified atom stereocenters. The molecule has 1 rings (SSSR count). The minimum Gasteiger partial charge on any atom is -0.374 e. The average molecular weight is 313 g/mol. The topological polar surface area (TPSA) is 41.1 Å². The summed E-state index contributed by atoms with van der Waals surface area (Å²) < 4.78 is 1.01. The quantitative estimate of drug-likeness (QED) is 0.897. The van der Waals surface area contributed by atoms with Crippen LogP contribution in [0.2, 0.25) is 0 Å². The van der Waals surface area contributed by atoms with Crippen molar-refractivity contribution >= 4 is 27.5 Å². The van der Waals surface area contributed by atoms with Crippen molar-refractivity contribution in [2.24, 2.45) is 0 Å². The zero-order chi connectivity index (χ0) is 13.9. The van der Waals surface area contributed by atoms with Crippen LogP contribution in [0, 0.1) is 6.92 Å². The molecule has 0 aliphatic carbocycles. The molecule has 0 radical (unpaired) electrons. The fraction of sp³-hybridized carbons (Fsp3) is 0.500. The van der Waals surface area contributed by atoms with Crippen molar-refractivity contribution < 1.29 is 4.79 Å². The first kappa shape index (κ1) is 15.0. The van der Waals surface area contributed by atoms with Gasteiger partial charge in [-0.15, -0.1) is 0 Å². The zero-order valence-corrected chi connectivity index (χ0v) is 13.2. The number of amides is 1. The van der Waals surface area contributed by atoms with Gasteiger partial charge in [0.1, 0.15) is 6.04 Å². The number of hydrogen-bond acceptors (Lipinski definition) is 2. The fourth-order valence-corrected chi connectivity index (χ4v) is 2.22. The summed E-state index contributed by atoms with van der Waals surface area (Å²) in [6, 6.07) is 5.75.